The number of carbonyl (C=O) groups is 1. The molecule has 1 N–H and O–H groups in total. The molecule has 124 valence electrons. The lowest BCUT2D eigenvalue weighted by molar-refractivity contribution is -0.141. The van der Waals surface area contributed by atoms with Crippen LogP contribution in [0.25, 0.3) is 11.1 Å². The summed E-state index contributed by atoms with van der Waals surface area (Å²) in [6.07, 6.45) is -2.87. The third kappa shape index (κ3) is 2.07. The maximum Gasteiger partial charge on any atom is 0.433 e. The number of pyridine rings is 1. The van der Waals surface area contributed by atoms with Gasteiger partial charge in [-0.25, -0.2) is 4.98 Å². The molecule has 2 heterocycles. The van der Waals surface area contributed by atoms with Crippen LogP contribution in [0.1, 0.15) is 24.1 Å². The molecule has 0 saturated heterocycles. The van der Waals surface area contributed by atoms with Crippen molar-refractivity contribution in [2.75, 3.05) is 12.4 Å². The first kappa shape index (κ1) is 15.0. The maximum absolute atomic E-state index is 12.8. The Hall–Kier alpha value is -2.57. The number of aromatic nitrogens is 1. The summed E-state index contributed by atoms with van der Waals surface area (Å²) in [4.78, 5) is 15.6. The Morgan fingerprint density at radius 3 is 2.58 bits per heavy atom. The fourth-order valence-electron chi connectivity index (χ4n) is 3.19. The fraction of sp³-hybridized carbons (Fsp3) is 0.294. The fourth-order valence-corrected chi connectivity index (χ4v) is 3.19. The van der Waals surface area contributed by atoms with Gasteiger partial charge in [0.15, 0.2) is 0 Å². The number of ether oxygens (including phenoxy) is 1. The summed E-state index contributed by atoms with van der Waals surface area (Å²) in [5.41, 5.74) is 1.35. The van der Waals surface area contributed by atoms with Gasteiger partial charge in [0.1, 0.15) is 5.69 Å². The molecule has 2 aliphatic rings. The minimum absolute atomic E-state index is 0.00726. The van der Waals surface area contributed by atoms with E-state index in [0.29, 0.717) is 16.8 Å². The molecule has 1 aliphatic carbocycles. The second kappa shape index (κ2) is 4.72. The summed E-state index contributed by atoms with van der Waals surface area (Å²) in [6, 6.07) is 7.65. The van der Waals surface area contributed by atoms with Crippen molar-refractivity contribution in [3.05, 3.63) is 41.6 Å². The molecule has 2 aromatic rings. The van der Waals surface area contributed by atoms with Crippen molar-refractivity contribution in [2.24, 2.45) is 0 Å². The van der Waals surface area contributed by atoms with E-state index in [2.05, 4.69) is 10.3 Å². The molecule has 4 nitrogen and oxygen atoms in total. The molecule has 1 fully saturated rings. The Kier molecular flexibility index (Phi) is 2.95. The summed E-state index contributed by atoms with van der Waals surface area (Å²) >= 11 is 0. The second-order valence-electron chi connectivity index (χ2n) is 6.05. The van der Waals surface area contributed by atoms with Gasteiger partial charge in [-0.15, -0.1) is 0 Å². The Morgan fingerprint density at radius 1 is 1.21 bits per heavy atom. The quantitative estimate of drug-likeness (QED) is 0.910. The van der Waals surface area contributed by atoms with Crippen molar-refractivity contribution in [1.82, 2.24) is 4.98 Å². The molecule has 1 aliphatic heterocycles. The van der Waals surface area contributed by atoms with Crippen LogP contribution in [-0.2, 0) is 16.4 Å². The van der Waals surface area contributed by atoms with Gasteiger partial charge in [0.2, 0.25) is 11.8 Å². The highest BCUT2D eigenvalue weighted by Gasteiger charge is 2.56. The van der Waals surface area contributed by atoms with Gasteiger partial charge in [0.05, 0.1) is 12.5 Å². The van der Waals surface area contributed by atoms with Gasteiger partial charge in [-0.1, -0.05) is 12.1 Å². The molecule has 0 bridgehead atoms. The highest BCUT2D eigenvalue weighted by atomic mass is 19.4. The summed E-state index contributed by atoms with van der Waals surface area (Å²) in [6.45, 7) is 0. The molecule has 0 radical (unpaired) electrons. The number of anilines is 1. The lowest BCUT2D eigenvalue weighted by atomic mass is 9.95. The van der Waals surface area contributed by atoms with Crippen LogP contribution < -0.4 is 10.1 Å². The van der Waals surface area contributed by atoms with E-state index in [0.717, 1.165) is 24.5 Å². The van der Waals surface area contributed by atoms with Crippen LogP contribution in [0.5, 0.6) is 5.88 Å². The van der Waals surface area contributed by atoms with E-state index < -0.39 is 17.3 Å². The number of carbonyl (C=O) groups excluding carboxylic acids is 1. The SMILES string of the molecule is COc1nc(C(F)(F)F)ccc1-c1ccc2c(c1)NC(=O)C21CC1. The molecule has 1 amide bonds. The predicted octanol–water partition coefficient (Wildman–Crippen LogP) is 3.76. The zero-order valence-electron chi connectivity index (χ0n) is 12.7. The number of methoxy groups -OCH3 is 1. The molecule has 24 heavy (non-hydrogen) atoms. The first-order valence-corrected chi connectivity index (χ1v) is 7.44. The topological polar surface area (TPSA) is 51.2 Å². The molecule has 1 aromatic heterocycles. The molecule has 0 unspecified atom stereocenters. The van der Waals surface area contributed by atoms with E-state index >= 15 is 0 Å². The van der Waals surface area contributed by atoms with E-state index in [4.69, 9.17) is 4.74 Å². The summed E-state index contributed by atoms with van der Waals surface area (Å²) in [5.74, 6) is -0.109. The highest BCUT2D eigenvalue weighted by molar-refractivity contribution is 6.08. The molecule has 1 aromatic carbocycles. The van der Waals surface area contributed by atoms with Gasteiger partial charge >= 0.3 is 6.18 Å². The number of halogens is 3. The van der Waals surface area contributed by atoms with Crippen LogP contribution in [-0.4, -0.2) is 18.0 Å². The maximum atomic E-state index is 12.8. The van der Waals surface area contributed by atoms with Crippen LogP contribution in [0.4, 0.5) is 18.9 Å². The smallest absolute Gasteiger partial charge is 0.433 e. The van der Waals surface area contributed by atoms with Crippen molar-refractivity contribution < 1.29 is 22.7 Å². The molecule has 0 atom stereocenters. The molecule has 4 rings (SSSR count). The average molecular weight is 334 g/mol. The van der Waals surface area contributed by atoms with Gasteiger partial charge in [-0.05, 0) is 42.2 Å². The van der Waals surface area contributed by atoms with E-state index in [9.17, 15) is 18.0 Å². The standard InChI is InChI=1S/C17H13F3N2O2/c1-24-14-10(3-5-13(22-14)17(18,19)20)9-2-4-11-12(8-9)21-15(23)16(11)6-7-16/h2-5,8H,6-7H2,1H3,(H,21,23). The number of hydrogen-bond acceptors (Lipinski definition) is 3. The number of hydrogen-bond donors (Lipinski definition) is 1. The van der Waals surface area contributed by atoms with Gasteiger partial charge in [-0.3, -0.25) is 4.79 Å². The monoisotopic (exact) mass is 334 g/mol. The number of nitrogens with one attached hydrogen (secondary N) is 1. The number of nitrogens with zero attached hydrogens (tertiary/aromatic N) is 1. The van der Waals surface area contributed by atoms with Gasteiger partial charge in [0, 0.05) is 11.3 Å². The minimum Gasteiger partial charge on any atom is -0.481 e. The minimum atomic E-state index is -4.53. The Labute approximate surface area is 135 Å². The van der Waals surface area contributed by atoms with Gasteiger partial charge in [0.25, 0.3) is 0 Å². The van der Waals surface area contributed by atoms with Crippen molar-refractivity contribution in [1.29, 1.82) is 0 Å². The molecular formula is C17H13F3N2O2. The van der Waals surface area contributed by atoms with Gasteiger partial charge < -0.3 is 10.1 Å². The van der Waals surface area contributed by atoms with Crippen molar-refractivity contribution in [3.63, 3.8) is 0 Å². The zero-order valence-corrected chi connectivity index (χ0v) is 12.7. The Bertz CT molecular complexity index is 857. The lowest BCUT2D eigenvalue weighted by Crippen LogP contribution is -2.18. The van der Waals surface area contributed by atoms with Crippen LogP contribution >= 0.6 is 0 Å². The van der Waals surface area contributed by atoms with E-state index in [-0.39, 0.29) is 11.8 Å². The first-order valence-electron chi connectivity index (χ1n) is 7.44. The Balaban J connectivity index is 1.78. The third-order valence-corrected chi connectivity index (χ3v) is 4.62. The molecule has 7 heteroatoms. The van der Waals surface area contributed by atoms with Crippen LogP contribution in [0.3, 0.4) is 0 Å². The van der Waals surface area contributed by atoms with E-state index in [1.54, 1.807) is 12.1 Å². The number of amides is 1. The molecular weight excluding hydrogens is 321 g/mol. The largest absolute Gasteiger partial charge is 0.481 e. The van der Waals surface area contributed by atoms with E-state index in [1.165, 1.54) is 13.2 Å². The zero-order chi connectivity index (χ0) is 17.1. The van der Waals surface area contributed by atoms with Crippen LogP contribution in [0, 0.1) is 0 Å². The van der Waals surface area contributed by atoms with Crippen molar-refractivity contribution >= 4 is 11.6 Å². The van der Waals surface area contributed by atoms with E-state index in [1.807, 2.05) is 6.07 Å². The molecule has 1 spiro atoms. The highest BCUT2D eigenvalue weighted by Crippen LogP contribution is 2.55. The summed E-state index contributed by atoms with van der Waals surface area (Å²) in [7, 11) is 1.28. The Morgan fingerprint density at radius 2 is 1.96 bits per heavy atom. The van der Waals surface area contributed by atoms with Crippen LogP contribution in [0.2, 0.25) is 0 Å². The second-order valence-corrected chi connectivity index (χ2v) is 6.05. The number of fused-ring (bicyclic) bond motifs is 2. The third-order valence-electron chi connectivity index (χ3n) is 4.62. The number of alkyl halides is 3. The summed E-state index contributed by atoms with van der Waals surface area (Å²) < 4.78 is 43.4. The average Bonchev–Trinajstić information content (AvgIpc) is 3.29. The number of rotatable bonds is 2. The van der Waals surface area contributed by atoms with Crippen molar-refractivity contribution in [2.45, 2.75) is 24.4 Å². The lowest BCUT2D eigenvalue weighted by Gasteiger charge is -2.12. The predicted molar refractivity (Wildman–Crippen MR) is 80.8 cm³/mol. The molecule has 1 saturated carbocycles. The normalized spacial score (nSPS) is 17.6. The van der Waals surface area contributed by atoms with Gasteiger partial charge in [-0.2, -0.15) is 13.2 Å². The first-order chi connectivity index (χ1) is 11.3. The van der Waals surface area contributed by atoms with Crippen molar-refractivity contribution in [3.8, 4) is 17.0 Å². The van der Waals surface area contributed by atoms with Crippen LogP contribution in [0.15, 0.2) is 30.3 Å². The summed E-state index contributed by atoms with van der Waals surface area (Å²) in [5, 5.41) is 2.85. The number of benzene rings is 1.